The van der Waals surface area contributed by atoms with E-state index in [1.54, 1.807) is 0 Å². The Hall–Kier alpha value is -1.23. The number of likely N-dealkylation sites (tertiary alicyclic amines) is 1. The fraction of sp³-hybridized carbons (Fsp3) is 0.588. The Morgan fingerprint density at radius 2 is 2.00 bits per heavy atom. The first kappa shape index (κ1) is 16.1. The highest BCUT2D eigenvalue weighted by molar-refractivity contribution is 5.97. The van der Waals surface area contributed by atoms with Gasteiger partial charge in [-0.1, -0.05) is 37.3 Å². The fourth-order valence-electron chi connectivity index (χ4n) is 2.84. The lowest BCUT2D eigenvalue weighted by atomic mass is 9.97. The molecule has 1 aromatic carbocycles. The summed E-state index contributed by atoms with van der Waals surface area (Å²) < 4.78 is 5.56. The zero-order valence-corrected chi connectivity index (χ0v) is 12.7. The minimum absolute atomic E-state index is 0.0160. The Labute approximate surface area is 126 Å². The second-order valence-corrected chi connectivity index (χ2v) is 5.73. The third-order valence-electron chi connectivity index (χ3n) is 4.02. The van der Waals surface area contributed by atoms with Crippen LogP contribution in [0.25, 0.3) is 0 Å². The molecular weight excluding hydrogens is 266 g/mol. The minimum Gasteiger partial charge on any atom is -0.394 e. The molecule has 0 radical (unpaired) electrons. The van der Waals surface area contributed by atoms with Gasteiger partial charge in [0.1, 0.15) is 0 Å². The summed E-state index contributed by atoms with van der Waals surface area (Å²) in [5.41, 5.74) is 0.797. The van der Waals surface area contributed by atoms with Gasteiger partial charge in [-0.2, -0.15) is 0 Å². The molecule has 0 spiro atoms. The molecule has 1 atom stereocenters. The number of Topliss-reactive ketones (excluding diaryl/α,β-unsaturated/α-hetero) is 1. The van der Waals surface area contributed by atoms with Crippen molar-refractivity contribution in [3.05, 3.63) is 35.9 Å². The Kier molecular flexibility index (Phi) is 6.36. The molecule has 1 fully saturated rings. The number of aliphatic hydroxyl groups is 1. The summed E-state index contributed by atoms with van der Waals surface area (Å²) in [6, 6.07) is 9.51. The molecule has 1 aliphatic heterocycles. The molecule has 0 bridgehead atoms. The Morgan fingerprint density at radius 1 is 1.33 bits per heavy atom. The van der Waals surface area contributed by atoms with Gasteiger partial charge < -0.3 is 14.7 Å². The maximum absolute atomic E-state index is 12.3. The van der Waals surface area contributed by atoms with Crippen LogP contribution in [0.5, 0.6) is 0 Å². The van der Waals surface area contributed by atoms with E-state index in [1.807, 2.05) is 37.3 Å². The molecule has 0 aromatic heterocycles. The summed E-state index contributed by atoms with van der Waals surface area (Å²) in [6.45, 7) is 5.24. The molecule has 0 aliphatic carbocycles. The molecule has 0 amide bonds. The normalized spacial score (nSPS) is 18.6. The van der Waals surface area contributed by atoms with Crippen LogP contribution in [0, 0.1) is 5.92 Å². The van der Waals surface area contributed by atoms with Gasteiger partial charge in [-0.05, 0) is 12.8 Å². The highest BCUT2D eigenvalue weighted by Crippen LogP contribution is 2.17. The predicted octanol–water partition coefficient (Wildman–Crippen LogP) is 1.98. The third-order valence-corrected chi connectivity index (χ3v) is 4.02. The maximum atomic E-state index is 12.3. The highest BCUT2D eigenvalue weighted by Gasteiger charge is 2.23. The molecular formula is C17H25NO3. The highest BCUT2D eigenvalue weighted by atomic mass is 16.5. The largest absolute Gasteiger partial charge is 0.394 e. The van der Waals surface area contributed by atoms with E-state index >= 15 is 0 Å². The second-order valence-electron chi connectivity index (χ2n) is 5.73. The molecule has 21 heavy (non-hydrogen) atoms. The summed E-state index contributed by atoms with van der Waals surface area (Å²) in [5.74, 6) is 0.233. The number of hydrogen-bond donors (Lipinski definition) is 1. The van der Waals surface area contributed by atoms with Gasteiger partial charge in [-0.15, -0.1) is 0 Å². The van der Waals surface area contributed by atoms with E-state index in [4.69, 9.17) is 9.84 Å². The number of ether oxygens (including phenoxy) is 1. The van der Waals surface area contributed by atoms with Crippen molar-refractivity contribution >= 4 is 5.78 Å². The fourth-order valence-corrected chi connectivity index (χ4v) is 2.84. The van der Waals surface area contributed by atoms with Crippen LogP contribution in [0.3, 0.4) is 0 Å². The van der Waals surface area contributed by atoms with Crippen LogP contribution in [0.15, 0.2) is 30.3 Å². The summed E-state index contributed by atoms with van der Waals surface area (Å²) in [6.07, 6.45) is 2.21. The molecule has 4 heteroatoms. The number of carbonyl (C=O) groups excluding carboxylic acids is 1. The minimum atomic E-state index is 0.0160. The van der Waals surface area contributed by atoms with Gasteiger partial charge in [0.05, 0.1) is 19.3 Å². The van der Waals surface area contributed by atoms with Crippen molar-refractivity contribution in [3.8, 4) is 0 Å². The molecule has 2 rings (SSSR count). The lowest BCUT2D eigenvalue weighted by Crippen LogP contribution is -2.40. The van der Waals surface area contributed by atoms with Crippen molar-refractivity contribution < 1.29 is 14.6 Å². The number of hydrogen-bond acceptors (Lipinski definition) is 4. The number of carbonyl (C=O) groups is 1. The summed E-state index contributed by atoms with van der Waals surface area (Å²) in [4.78, 5) is 14.7. The molecule has 1 saturated heterocycles. The van der Waals surface area contributed by atoms with E-state index in [0.29, 0.717) is 6.61 Å². The first-order valence-electron chi connectivity index (χ1n) is 7.74. The van der Waals surface area contributed by atoms with Gasteiger partial charge >= 0.3 is 0 Å². The van der Waals surface area contributed by atoms with Gasteiger partial charge in [-0.3, -0.25) is 4.79 Å². The van der Waals surface area contributed by atoms with Crippen molar-refractivity contribution in [1.82, 2.24) is 4.90 Å². The Bertz CT molecular complexity index is 427. The van der Waals surface area contributed by atoms with E-state index in [9.17, 15) is 4.79 Å². The van der Waals surface area contributed by atoms with E-state index in [2.05, 4.69) is 4.90 Å². The maximum Gasteiger partial charge on any atom is 0.166 e. The molecule has 0 saturated carbocycles. The number of rotatable bonds is 7. The van der Waals surface area contributed by atoms with Crippen molar-refractivity contribution in [1.29, 1.82) is 0 Å². The van der Waals surface area contributed by atoms with Crippen molar-refractivity contribution in [3.63, 3.8) is 0 Å². The average Bonchev–Trinajstić information content (AvgIpc) is 2.54. The average molecular weight is 291 g/mol. The van der Waals surface area contributed by atoms with E-state index in [1.165, 1.54) is 0 Å². The summed E-state index contributed by atoms with van der Waals surface area (Å²) in [5, 5.41) is 8.76. The summed E-state index contributed by atoms with van der Waals surface area (Å²) in [7, 11) is 0. The first-order chi connectivity index (χ1) is 10.2. The van der Waals surface area contributed by atoms with Crippen LogP contribution >= 0.6 is 0 Å². The van der Waals surface area contributed by atoms with E-state index in [-0.39, 0.29) is 24.4 Å². The van der Waals surface area contributed by atoms with E-state index < -0.39 is 0 Å². The number of piperidine rings is 1. The molecule has 1 N–H and O–H groups in total. The lowest BCUT2D eigenvalue weighted by Gasteiger charge is -2.33. The number of ketones is 1. The molecule has 1 unspecified atom stereocenters. The van der Waals surface area contributed by atoms with Gasteiger partial charge in [0.25, 0.3) is 0 Å². The first-order valence-corrected chi connectivity index (χ1v) is 7.74. The van der Waals surface area contributed by atoms with Crippen LogP contribution < -0.4 is 0 Å². The predicted molar refractivity (Wildman–Crippen MR) is 82.4 cm³/mol. The van der Waals surface area contributed by atoms with Crippen LogP contribution in [0.4, 0.5) is 0 Å². The zero-order valence-electron chi connectivity index (χ0n) is 12.7. The van der Waals surface area contributed by atoms with Crippen LogP contribution in [0.1, 0.15) is 30.1 Å². The third kappa shape index (κ3) is 4.92. The molecule has 1 heterocycles. The topological polar surface area (TPSA) is 49.8 Å². The van der Waals surface area contributed by atoms with Gasteiger partial charge in [0.2, 0.25) is 0 Å². The standard InChI is InChI=1S/C17H25NO3/c1-14(17(20)15-5-3-2-4-6-15)13-18-9-7-16(8-10-18)21-12-11-19/h2-6,14,16,19H,7-13H2,1H3. The SMILES string of the molecule is CC(CN1CCC(OCCO)CC1)C(=O)c1ccccc1. The Morgan fingerprint density at radius 3 is 2.62 bits per heavy atom. The summed E-state index contributed by atoms with van der Waals surface area (Å²) >= 11 is 0. The smallest absolute Gasteiger partial charge is 0.166 e. The van der Waals surface area contributed by atoms with Crippen LogP contribution in [-0.2, 0) is 4.74 Å². The molecule has 4 nitrogen and oxygen atoms in total. The van der Waals surface area contributed by atoms with Crippen LogP contribution in [0.2, 0.25) is 0 Å². The van der Waals surface area contributed by atoms with Crippen LogP contribution in [-0.4, -0.2) is 54.7 Å². The lowest BCUT2D eigenvalue weighted by molar-refractivity contribution is -0.00921. The van der Waals surface area contributed by atoms with Gasteiger partial charge in [-0.25, -0.2) is 0 Å². The zero-order chi connectivity index (χ0) is 15.1. The van der Waals surface area contributed by atoms with E-state index in [0.717, 1.165) is 38.0 Å². The Balaban J connectivity index is 1.76. The van der Waals surface area contributed by atoms with Gasteiger partial charge in [0.15, 0.2) is 5.78 Å². The molecule has 1 aromatic rings. The molecule has 1 aliphatic rings. The van der Waals surface area contributed by atoms with Crippen molar-refractivity contribution in [2.75, 3.05) is 32.8 Å². The number of nitrogens with zero attached hydrogens (tertiary/aromatic N) is 1. The monoisotopic (exact) mass is 291 g/mol. The van der Waals surface area contributed by atoms with Crippen molar-refractivity contribution in [2.24, 2.45) is 5.92 Å². The molecule has 116 valence electrons. The van der Waals surface area contributed by atoms with Crippen molar-refractivity contribution in [2.45, 2.75) is 25.9 Å². The quantitative estimate of drug-likeness (QED) is 0.781. The number of aliphatic hydroxyl groups excluding tert-OH is 1. The second kappa shape index (κ2) is 8.27. The van der Waals surface area contributed by atoms with Gasteiger partial charge in [0, 0.05) is 31.1 Å². The number of benzene rings is 1.